The van der Waals surface area contributed by atoms with Gasteiger partial charge in [0.1, 0.15) is 5.82 Å². The van der Waals surface area contributed by atoms with Crippen molar-refractivity contribution in [3.8, 4) is 0 Å². The number of carbonyl (C=O) groups excluding carboxylic acids is 1. The number of nitrogens with one attached hydrogen (secondary N) is 1. The fourth-order valence-electron chi connectivity index (χ4n) is 2.98. The minimum absolute atomic E-state index is 0.0279. The lowest BCUT2D eigenvalue weighted by atomic mass is 10.0. The van der Waals surface area contributed by atoms with Crippen LogP contribution in [0.4, 0.5) is 11.5 Å². The molecule has 0 radical (unpaired) electrons. The van der Waals surface area contributed by atoms with Crippen molar-refractivity contribution in [2.45, 2.75) is 33.7 Å². The number of methoxy groups -OCH3 is 1. The summed E-state index contributed by atoms with van der Waals surface area (Å²) in [4.78, 5) is 41.3. The first-order valence-corrected chi connectivity index (χ1v) is 8.82. The number of aromatic amines is 1. The number of hydrogen-bond donors (Lipinski definition) is 2. The molecule has 8 heteroatoms. The third kappa shape index (κ3) is 4.28. The highest BCUT2D eigenvalue weighted by Gasteiger charge is 2.25. The zero-order chi connectivity index (χ0) is 20.1. The van der Waals surface area contributed by atoms with Gasteiger partial charge in [-0.05, 0) is 31.9 Å². The first-order chi connectivity index (χ1) is 12.8. The van der Waals surface area contributed by atoms with E-state index in [0.29, 0.717) is 18.5 Å². The number of carbonyl (C=O) groups is 1. The Bertz CT molecular complexity index is 946. The topological polar surface area (TPSA) is 110 Å². The van der Waals surface area contributed by atoms with Gasteiger partial charge in [-0.2, -0.15) is 0 Å². The lowest BCUT2D eigenvalue weighted by Gasteiger charge is -2.25. The molecule has 1 aromatic carbocycles. The number of H-pyrrole nitrogens is 1. The average molecular weight is 374 g/mol. The Balaban J connectivity index is 2.63. The summed E-state index contributed by atoms with van der Waals surface area (Å²) >= 11 is 0. The third-order valence-corrected chi connectivity index (χ3v) is 4.31. The van der Waals surface area contributed by atoms with Gasteiger partial charge in [-0.25, -0.2) is 4.79 Å². The first-order valence-electron chi connectivity index (χ1n) is 8.82. The fraction of sp³-hybridized carbons (Fsp3) is 0.421. The molecule has 1 amide bonds. The molecule has 27 heavy (non-hydrogen) atoms. The quantitative estimate of drug-likeness (QED) is 0.762. The van der Waals surface area contributed by atoms with Gasteiger partial charge in [0, 0.05) is 25.8 Å². The van der Waals surface area contributed by atoms with Gasteiger partial charge < -0.3 is 10.5 Å². The summed E-state index contributed by atoms with van der Waals surface area (Å²) in [6, 6.07) is 5.45. The molecule has 1 aromatic heterocycles. The minimum atomic E-state index is -0.695. The van der Waals surface area contributed by atoms with Crippen LogP contribution in [-0.4, -0.2) is 35.7 Å². The van der Waals surface area contributed by atoms with Crippen LogP contribution >= 0.6 is 0 Å². The van der Waals surface area contributed by atoms with Gasteiger partial charge in [-0.1, -0.05) is 24.6 Å². The second-order valence-electron chi connectivity index (χ2n) is 6.41. The molecule has 0 saturated heterocycles. The smallest absolute Gasteiger partial charge is 0.330 e. The number of rotatable bonds is 7. The standard InChI is InChI=1S/C19H26N4O4/c1-5-8-23-16(20)15(17(24)21-19(23)26)22(9-10-27-4)18(25)14-7-6-12(2)11-13(14)3/h6-7,11H,5,8-10,20H2,1-4H3,(H,21,24,26). The molecule has 2 aromatic rings. The SMILES string of the molecule is CCCn1c(N)c(N(CCOC)C(=O)c2ccc(C)cc2C)c(=O)[nH]c1=O. The van der Waals surface area contributed by atoms with Gasteiger partial charge in [-0.15, -0.1) is 0 Å². The maximum Gasteiger partial charge on any atom is 0.330 e. The number of ether oxygens (including phenoxy) is 1. The molecule has 1 heterocycles. The summed E-state index contributed by atoms with van der Waals surface area (Å²) in [5.74, 6) is -0.400. The minimum Gasteiger partial charge on any atom is -0.383 e. The number of aryl methyl sites for hydroxylation is 2. The van der Waals surface area contributed by atoms with Crippen LogP contribution in [0.1, 0.15) is 34.8 Å². The van der Waals surface area contributed by atoms with Crippen LogP contribution in [-0.2, 0) is 11.3 Å². The van der Waals surface area contributed by atoms with E-state index in [4.69, 9.17) is 10.5 Å². The number of nitrogen functional groups attached to an aromatic ring is 1. The van der Waals surface area contributed by atoms with Gasteiger partial charge in [0.2, 0.25) is 0 Å². The Morgan fingerprint density at radius 2 is 2.00 bits per heavy atom. The molecular weight excluding hydrogens is 348 g/mol. The van der Waals surface area contributed by atoms with E-state index in [0.717, 1.165) is 11.1 Å². The molecule has 8 nitrogen and oxygen atoms in total. The number of benzene rings is 1. The lowest BCUT2D eigenvalue weighted by Crippen LogP contribution is -2.42. The van der Waals surface area contributed by atoms with E-state index in [2.05, 4.69) is 4.98 Å². The van der Waals surface area contributed by atoms with E-state index < -0.39 is 11.2 Å². The second-order valence-corrected chi connectivity index (χ2v) is 6.41. The van der Waals surface area contributed by atoms with Gasteiger partial charge >= 0.3 is 5.69 Å². The molecule has 0 fully saturated rings. The zero-order valence-corrected chi connectivity index (χ0v) is 16.2. The number of anilines is 2. The molecule has 0 aliphatic rings. The van der Waals surface area contributed by atoms with Gasteiger partial charge in [0.25, 0.3) is 11.5 Å². The third-order valence-electron chi connectivity index (χ3n) is 4.31. The van der Waals surface area contributed by atoms with Crippen LogP contribution in [0.5, 0.6) is 0 Å². The Hall–Kier alpha value is -2.87. The molecule has 0 saturated carbocycles. The number of nitrogens with zero attached hydrogens (tertiary/aromatic N) is 2. The molecular formula is C19H26N4O4. The highest BCUT2D eigenvalue weighted by atomic mass is 16.5. The van der Waals surface area contributed by atoms with E-state index in [1.807, 2.05) is 32.9 Å². The molecule has 0 unspecified atom stereocenters. The summed E-state index contributed by atoms with van der Waals surface area (Å²) < 4.78 is 6.36. The summed E-state index contributed by atoms with van der Waals surface area (Å²) in [5, 5.41) is 0. The summed E-state index contributed by atoms with van der Waals surface area (Å²) in [5.41, 5.74) is 7.09. The maximum atomic E-state index is 13.2. The van der Waals surface area contributed by atoms with Crippen LogP contribution in [0.15, 0.2) is 27.8 Å². The molecule has 3 N–H and O–H groups in total. The van der Waals surface area contributed by atoms with Crippen molar-refractivity contribution in [1.29, 1.82) is 0 Å². The number of amides is 1. The highest BCUT2D eigenvalue weighted by Crippen LogP contribution is 2.21. The molecule has 0 aliphatic carbocycles. The van der Waals surface area contributed by atoms with Crippen molar-refractivity contribution >= 4 is 17.4 Å². The monoisotopic (exact) mass is 374 g/mol. The summed E-state index contributed by atoms with van der Waals surface area (Å²) in [6.45, 7) is 6.33. The van der Waals surface area contributed by atoms with Crippen molar-refractivity contribution in [2.24, 2.45) is 0 Å². The van der Waals surface area contributed by atoms with Gasteiger partial charge in [0.15, 0.2) is 5.69 Å². The first kappa shape index (κ1) is 20.4. The fourth-order valence-corrected chi connectivity index (χ4v) is 2.98. The van der Waals surface area contributed by atoms with Crippen molar-refractivity contribution in [1.82, 2.24) is 9.55 Å². The lowest BCUT2D eigenvalue weighted by molar-refractivity contribution is 0.0975. The van der Waals surface area contributed by atoms with Crippen molar-refractivity contribution in [3.05, 3.63) is 55.7 Å². The molecule has 0 atom stereocenters. The van der Waals surface area contributed by atoms with Gasteiger partial charge in [-0.3, -0.25) is 24.0 Å². The summed E-state index contributed by atoms with van der Waals surface area (Å²) in [6.07, 6.45) is 0.651. The van der Waals surface area contributed by atoms with Crippen LogP contribution < -0.4 is 21.9 Å². The molecule has 0 bridgehead atoms. The molecule has 146 valence electrons. The molecule has 2 rings (SSSR count). The molecule has 0 spiro atoms. The van der Waals surface area contributed by atoms with Crippen molar-refractivity contribution < 1.29 is 9.53 Å². The summed E-state index contributed by atoms with van der Waals surface area (Å²) in [7, 11) is 1.51. The largest absolute Gasteiger partial charge is 0.383 e. The van der Waals surface area contributed by atoms with Crippen LogP contribution in [0.3, 0.4) is 0 Å². The van der Waals surface area contributed by atoms with E-state index >= 15 is 0 Å². The number of hydrogen-bond acceptors (Lipinski definition) is 5. The Labute approximate surface area is 157 Å². The maximum absolute atomic E-state index is 13.2. The Kier molecular flexibility index (Phi) is 6.57. The predicted molar refractivity (Wildman–Crippen MR) is 105 cm³/mol. The van der Waals surface area contributed by atoms with Crippen LogP contribution in [0, 0.1) is 13.8 Å². The second kappa shape index (κ2) is 8.68. The van der Waals surface area contributed by atoms with Crippen molar-refractivity contribution in [3.63, 3.8) is 0 Å². The van der Waals surface area contributed by atoms with Crippen LogP contribution in [0.25, 0.3) is 0 Å². The van der Waals surface area contributed by atoms with E-state index in [1.165, 1.54) is 16.6 Å². The highest BCUT2D eigenvalue weighted by molar-refractivity contribution is 6.08. The van der Waals surface area contributed by atoms with Crippen LogP contribution in [0.2, 0.25) is 0 Å². The van der Waals surface area contributed by atoms with Crippen molar-refractivity contribution in [2.75, 3.05) is 30.9 Å². The number of nitrogens with two attached hydrogens (primary N) is 1. The van der Waals surface area contributed by atoms with E-state index in [9.17, 15) is 14.4 Å². The average Bonchev–Trinajstić information content (AvgIpc) is 2.60. The molecule has 0 aliphatic heterocycles. The van der Waals surface area contributed by atoms with E-state index in [-0.39, 0.29) is 30.6 Å². The number of aromatic nitrogens is 2. The van der Waals surface area contributed by atoms with E-state index in [1.54, 1.807) is 6.07 Å². The Morgan fingerprint density at radius 3 is 2.59 bits per heavy atom. The van der Waals surface area contributed by atoms with Gasteiger partial charge in [0.05, 0.1) is 6.61 Å². The Morgan fingerprint density at radius 1 is 1.30 bits per heavy atom. The predicted octanol–water partition coefficient (Wildman–Crippen LogP) is 1.44. The normalized spacial score (nSPS) is 10.8. The zero-order valence-electron chi connectivity index (χ0n) is 16.2.